The third-order valence-corrected chi connectivity index (χ3v) is 2.75. The lowest BCUT2D eigenvalue weighted by molar-refractivity contribution is -0.109. The van der Waals surface area contributed by atoms with Crippen molar-refractivity contribution in [1.82, 2.24) is 0 Å². The van der Waals surface area contributed by atoms with Crippen LogP contribution in [0.25, 0.3) is 0 Å². The molecule has 0 aromatic heterocycles. The molecule has 0 fully saturated rings. The third-order valence-electron chi connectivity index (χ3n) is 1.93. The van der Waals surface area contributed by atoms with Crippen molar-refractivity contribution >= 4 is 28.3 Å². The molecule has 0 bridgehead atoms. The third kappa shape index (κ3) is 4.37. The van der Waals surface area contributed by atoms with Gasteiger partial charge in [0.1, 0.15) is 5.82 Å². The van der Waals surface area contributed by atoms with Gasteiger partial charge in [-0.05, 0) is 12.1 Å². The maximum Gasteiger partial charge on any atom is 0.185 e. The van der Waals surface area contributed by atoms with Crippen LogP contribution in [0.5, 0.6) is 0 Å². The second kappa shape index (κ2) is 6.16. The topological polar surface area (TPSA) is 69.1 Å². The van der Waals surface area contributed by atoms with Crippen LogP contribution in [-0.2, 0) is 4.79 Å². The second-order valence-corrected chi connectivity index (χ2v) is 4.62. The van der Waals surface area contributed by atoms with Crippen molar-refractivity contribution in [2.75, 3.05) is 17.2 Å². The van der Waals surface area contributed by atoms with Gasteiger partial charge in [-0.1, -0.05) is 23.6 Å². The molecule has 1 aromatic rings. The number of carbonyl (C=O) groups excluding carboxylic acids is 1. The van der Waals surface area contributed by atoms with Crippen LogP contribution in [0.4, 0.5) is 15.8 Å². The number of benzene rings is 1. The lowest BCUT2D eigenvalue weighted by atomic mass is 10.1. The molecule has 0 saturated carbocycles. The quantitative estimate of drug-likeness (QED) is 0.480. The van der Waals surface area contributed by atoms with E-state index in [9.17, 15) is 9.18 Å². The maximum absolute atomic E-state index is 13.0. The van der Waals surface area contributed by atoms with Gasteiger partial charge in [-0.25, -0.2) is 4.39 Å². The Morgan fingerprint density at radius 1 is 1.47 bits per heavy atom. The number of nitrogen functional groups attached to an aromatic ring is 2. The fourth-order valence-corrected chi connectivity index (χ4v) is 1.64. The Morgan fingerprint density at radius 2 is 2.18 bits per heavy atom. The fraction of sp³-hybridized carbons (Fsp3) is 0.250. The minimum atomic E-state index is -0.459. The fourth-order valence-electron chi connectivity index (χ4n) is 1.15. The number of rotatable bonds is 2. The van der Waals surface area contributed by atoms with E-state index >= 15 is 0 Å². The van der Waals surface area contributed by atoms with Gasteiger partial charge in [0.15, 0.2) is 5.12 Å². The molecule has 0 heterocycles. The van der Waals surface area contributed by atoms with Crippen molar-refractivity contribution in [1.29, 1.82) is 0 Å². The van der Waals surface area contributed by atoms with Crippen LogP contribution in [0.3, 0.4) is 0 Å². The van der Waals surface area contributed by atoms with Gasteiger partial charge in [0.05, 0.1) is 16.9 Å². The number of hydrogen-bond donors (Lipinski definition) is 2. The van der Waals surface area contributed by atoms with Crippen molar-refractivity contribution < 1.29 is 9.18 Å². The van der Waals surface area contributed by atoms with Gasteiger partial charge in [-0.2, -0.15) is 0 Å². The summed E-state index contributed by atoms with van der Waals surface area (Å²) in [6.07, 6.45) is 0.542. The predicted octanol–water partition coefficient (Wildman–Crippen LogP) is 2.01. The molecule has 17 heavy (non-hydrogen) atoms. The number of thioether (sulfide) groups is 1. The lowest BCUT2D eigenvalue weighted by Crippen LogP contribution is -1.98. The predicted molar refractivity (Wildman–Crippen MR) is 69.9 cm³/mol. The Bertz CT molecular complexity index is 491. The van der Waals surface area contributed by atoms with E-state index in [0.29, 0.717) is 17.7 Å². The average molecular weight is 252 g/mol. The summed E-state index contributed by atoms with van der Waals surface area (Å²) < 4.78 is 13.0. The van der Waals surface area contributed by atoms with Crippen molar-refractivity contribution in [3.05, 3.63) is 23.5 Å². The minimum absolute atomic E-state index is 0.0568. The first-order chi connectivity index (χ1) is 8.00. The van der Waals surface area contributed by atoms with Crippen molar-refractivity contribution in [3.63, 3.8) is 0 Å². The van der Waals surface area contributed by atoms with Crippen molar-refractivity contribution in [2.45, 2.75) is 13.3 Å². The molecule has 1 rings (SSSR count). The molecule has 0 atom stereocenters. The second-order valence-electron chi connectivity index (χ2n) is 3.35. The zero-order chi connectivity index (χ0) is 12.8. The van der Waals surface area contributed by atoms with Crippen LogP contribution in [0.1, 0.15) is 18.9 Å². The highest BCUT2D eigenvalue weighted by Gasteiger charge is 2.03. The molecule has 0 aliphatic heterocycles. The Hall–Kier alpha value is -1.67. The van der Waals surface area contributed by atoms with E-state index in [1.165, 1.54) is 24.8 Å². The SMILES string of the molecule is CC(=O)SCCC#Cc1cc(F)cc(N)c1N. The van der Waals surface area contributed by atoms with Gasteiger partial charge in [0.2, 0.25) is 0 Å². The first kappa shape index (κ1) is 13.4. The lowest BCUT2D eigenvalue weighted by Gasteiger charge is -2.02. The van der Waals surface area contributed by atoms with Crippen molar-refractivity contribution in [3.8, 4) is 11.8 Å². The summed E-state index contributed by atoms with van der Waals surface area (Å²) in [5.74, 6) is 5.73. The summed E-state index contributed by atoms with van der Waals surface area (Å²) in [5, 5.41) is 0.0568. The summed E-state index contributed by atoms with van der Waals surface area (Å²) in [4.78, 5) is 10.6. The molecule has 0 radical (unpaired) electrons. The summed E-state index contributed by atoms with van der Waals surface area (Å²) in [7, 11) is 0. The number of nitrogens with two attached hydrogens (primary N) is 2. The Kier molecular flexibility index (Phi) is 4.85. The molecule has 0 saturated heterocycles. The maximum atomic E-state index is 13.0. The Balaban J connectivity index is 2.68. The molecule has 3 nitrogen and oxygen atoms in total. The number of halogens is 1. The highest BCUT2D eigenvalue weighted by Crippen LogP contribution is 2.20. The zero-order valence-electron chi connectivity index (χ0n) is 9.42. The van der Waals surface area contributed by atoms with Crippen LogP contribution in [0, 0.1) is 17.7 Å². The van der Waals surface area contributed by atoms with Gasteiger partial charge < -0.3 is 11.5 Å². The van der Waals surface area contributed by atoms with E-state index < -0.39 is 5.82 Å². The van der Waals surface area contributed by atoms with E-state index in [2.05, 4.69) is 11.8 Å². The standard InChI is InChI=1S/C12H13FN2OS/c1-8(16)17-5-3-2-4-9-6-10(13)7-11(14)12(9)15/h6-7H,3,5,14-15H2,1H3. The summed E-state index contributed by atoms with van der Waals surface area (Å²) in [6, 6.07) is 2.41. The van der Waals surface area contributed by atoms with Crippen molar-refractivity contribution in [2.24, 2.45) is 0 Å². The molecule has 5 heteroatoms. The largest absolute Gasteiger partial charge is 0.397 e. The van der Waals surface area contributed by atoms with Gasteiger partial charge >= 0.3 is 0 Å². The Labute approximate surface area is 104 Å². The number of anilines is 2. The molecule has 4 N–H and O–H groups in total. The average Bonchev–Trinajstić information content (AvgIpc) is 2.23. The summed E-state index contributed by atoms with van der Waals surface area (Å²) >= 11 is 1.21. The van der Waals surface area contributed by atoms with Crippen LogP contribution in [0.2, 0.25) is 0 Å². The molecule has 0 amide bonds. The molecule has 1 aromatic carbocycles. The van der Waals surface area contributed by atoms with Crippen LogP contribution >= 0.6 is 11.8 Å². The molecular formula is C12H13FN2OS. The molecular weight excluding hydrogens is 239 g/mol. The zero-order valence-corrected chi connectivity index (χ0v) is 10.2. The molecule has 0 unspecified atom stereocenters. The van der Waals surface area contributed by atoms with E-state index in [-0.39, 0.29) is 16.5 Å². The smallest absolute Gasteiger partial charge is 0.185 e. The highest BCUT2D eigenvalue weighted by molar-refractivity contribution is 8.13. The van der Waals surface area contributed by atoms with E-state index in [4.69, 9.17) is 11.5 Å². The molecule has 90 valence electrons. The van der Waals surface area contributed by atoms with Crippen LogP contribution in [0.15, 0.2) is 12.1 Å². The molecule has 0 aliphatic rings. The van der Waals surface area contributed by atoms with Gasteiger partial charge in [0, 0.05) is 19.1 Å². The minimum Gasteiger partial charge on any atom is -0.397 e. The summed E-state index contributed by atoms with van der Waals surface area (Å²) in [5.41, 5.74) is 12.0. The first-order valence-corrected chi connectivity index (χ1v) is 5.96. The number of carbonyl (C=O) groups is 1. The van der Waals surface area contributed by atoms with Gasteiger partial charge in [-0.15, -0.1) is 0 Å². The van der Waals surface area contributed by atoms with Gasteiger partial charge in [-0.3, -0.25) is 4.79 Å². The van der Waals surface area contributed by atoms with E-state index in [1.807, 2.05) is 0 Å². The van der Waals surface area contributed by atoms with E-state index in [1.54, 1.807) is 0 Å². The summed E-state index contributed by atoms with van der Waals surface area (Å²) in [6.45, 7) is 1.50. The Morgan fingerprint density at radius 3 is 2.82 bits per heavy atom. The molecule has 0 spiro atoms. The van der Waals surface area contributed by atoms with Crippen LogP contribution in [-0.4, -0.2) is 10.9 Å². The van der Waals surface area contributed by atoms with E-state index in [0.717, 1.165) is 6.07 Å². The van der Waals surface area contributed by atoms with Gasteiger partial charge in [0.25, 0.3) is 0 Å². The molecule has 0 aliphatic carbocycles. The normalized spacial score (nSPS) is 9.53. The van der Waals surface area contributed by atoms with Crippen LogP contribution < -0.4 is 11.5 Å². The highest BCUT2D eigenvalue weighted by atomic mass is 32.2. The monoisotopic (exact) mass is 252 g/mol. The first-order valence-electron chi connectivity index (χ1n) is 4.97. The number of hydrogen-bond acceptors (Lipinski definition) is 4.